The molecule has 4 aromatic carbocycles. The molecule has 0 aromatic heterocycles. The first-order valence-electron chi connectivity index (χ1n) is 14.4. The van der Waals surface area contributed by atoms with Gasteiger partial charge in [-0.25, -0.2) is 9.69 Å². The molecule has 0 saturated carbocycles. The van der Waals surface area contributed by atoms with Crippen molar-refractivity contribution in [2.45, 2.75) is 45.3 Å². The highest BCUT2D eigenvalue weighted by atomic mass is 16.6. The first-order chi connectivity index (χ1) is 20.5. The second-order valence-electron chi connectivity index (χ2n) is 10.7. The number of cyclic esters (lactones) is 1. The van der Waals surface area contributed by atoms with Gasteiger partial charge in [0.05, 0.1) is 0 Å². The zero-order chi connectivity index (χ0) is 29.5. The van der Waals surface area contributed by atoms with Crippen LogP contribution in [0.2, 0.25) is 0 Å². The van der Waals surface area contributed by atoms with Gasteiger partial charge >= 0.3 is 6.09 Å². The molecule has 0 bridgehead atoms. The van der Waals surface area contributed by atoms with Crippen molar-refractivity contribution in [2.75, 3.05) is 11.5 Å². The van der Waals surface area contributed by atoms with Crippen LogP contribution in [0.1, 0.15) is 54.5 Å². The van der Waals surface area contributed by atoms with E-state index in [1.807, 2.05) is 85.8 Å². The van der Waals surface area contributed by atoms with Crippen LogP contribution in [0.3, 0.4) is 0 Å². The van der Waals surface area contributed by atoms with Crippen molar-refractivity contribution < 1.29 is 19.1 Å². The average Bonchev–Trinajstić information content (AvgIpc) is 3.41. The van der Waals surface area contributed by atoms with Crippen LogP contribution in [0.25, 0.3) is 0 Å². The molecule has 214 valence electrons. The lowest BCUT2D eigenvalue weighted by molar-refractivity contribution is -0.140. The number of Topliss-reactive ketones (excluding diaryl/α,β-unsaturated/α-hetero) is 1. The van der Waals surface area contributed by atoms with Gasteiger partial charge in [-0.15, -0.1) is 0 Å². The Hall–Kier alpha value is -4.71. The molecule has 42 heavy (non-hydrogen) atoms. The molecule has 5 rings (SSSR count). The number of carbonyl (C=O) groups is 3. The Labute approximate surface area is 247 Å². The summed E-state index contributed by atoms with van der Waals surface area (Å²) in [5.74, 6) is -2.20. The highest BCUT2D eigenvalue weighted by molar-refractivity contribution is 6.06. The van der Waals surface area contributed by atoms with E-state index in [1.165, 1.54) is 18.1 Å². The molecule has 6 heteroatoms. The maximum Gasteiger partial charge on any atom is 0.417 e. The van der Waals surface area contributed by atoms with E-state index in [2.05, 4.69) is 41.3 Å². The van der Waals surface area contributed by atoms with Crippen LogP contribution in [-0.2, 0) is 27.4 Å². The molecule has 0 N–H and O–H groups in total. The van der Waals surface area contributed by atoms with Gasteiger partial charge in [0.1, 0.15) is 24.3 Å². The molecule has 0 aliphatic carbocycles. The molecule has 0 radical (unpaired) electrons. The molecule has 1 aliphatic rings. The third kappa shape index (κ3) is 6.44. The standard InChI is InChI=1S/C36H36N2O4/c1-3-32(34(26(2)39)35(40)38-33(25-42-36(38)41)29-18-11-6-12-19-29)30-20-13-21-31(22-30)37(23-27-14-7-4-8-15-27)24-28-16-9-5-10-17-28/h4-22,32-34H,3,23-25H2,1-2H3/t32-,33?,34?/m0/s1. The number of anilines is 1. The normalized spacial score (nSPS) is 16.0. The maximum atomic E-state index is 14.0. The summed E-state index contributed by atoms with van der Waals surface area (Å²) in [6.07, 6.45) is -0.156. The van der Waals surface area contributed by atoms with Gasteiger partial charge in [0.2, 0.25) is 5.91 Å². The Balaban J connectivity index is 1.47. The van der Waals surface area contributed by atoms with Crippen LogP contribution in [0.5, 0.6) is 0 Å². The van der Waals surface area contributed by atoms with Gasteiger partial charge < -0.3 is 9.64 Å². The number of imide groups is 1. The summed E-state index contributed by atoms with van der Waals surface area (Å²) in [5.41, 5.74) is 5.05. The number of nitrogens with zero attached hydrogens (tertiary/aromatic N) is 2. The predicted molar refractivity (Wildman–Crippen MR) is 164 cm³/mol. The molecule has 2 unspecified atom stereocenters. The number of amides is 2. The van der Waals surface area contributed by atoms with Crippen molar-refractivity contribution >= 4 is 23.5 Å². The summed E-state index contributed by atoms with van der Waals surface area (Å²) in [6.45, 7) is 4.88. The lowest BCUT2D eigenvalue weighted by atomic mass is 9.80. The Bertz CT molecular complexity index is 1470. The Morgan fingerprint density at radius 3 is 1.95 bits per heavy atom. The van der Waals surface area contributed by atoms with Crippen molar-refractivity contribution in [2.24, 2.45) is 5.92 Å². The summed E-state index contributed by atoms with van der Waals surface area (Å²) >= 11 is 0. The van der Waals surface area contributed by atoms with Crippen molar-refractivity contribution in [1.82, 2.24) is 4.90 Å². The van der Waals surface area contributed by atoms with E-state index in [0.29, 0.717) is 19.5 Å². The second-order valence-corrected chi connectivity index (χ2v) is 10.7. The number of hydrogen-bond acceptors (Lipinski definition) is 5. The van der Waals surface area contributed by atoms with Crippen molar-refractivity contribution in [3.8, 4) is 0 Å². The van der Waals surface area contributed by atoms with Gasteiger partial charge in [0.25, 0.3) is 0 Å². The minimum atomic E-state index is -1.01. The first kappa shape index (κ1) is 28.8. The number of carbonyl (C=O) groups excluding carboxylic acids is 3. The zero-order valence-electron chi connectivity index (χ0n) is 24.1. The Morgan fingerprint density at radius 1 is 0.833 bits per heavy atom. The van der Waals surface area contributed by atoms with E-state index < -0.39 is 29.9 Å². The van der Waals surface area contributed by atoms with Gasteiger partial charge in [0.15, 0.2) is 0 Å². The lowest BCUT2D eigenvalue weighted by Gasteiger charge is -2.30. The highest BCUT2D eigenvalue weighted by Gasteiger charge is 2.45. The quantitative estimate of drug-likeness (QED) is 0.180. The molecule has 1 fully saturated rings. The molecule has 1 aliphatic heterocycles. The van der Waals surface area contributed by atoms with Crippen LogP contribution < -0.4 is 4.90 Å². The maximum absolute atomic E-state index is 14.0. The summed E-state index contributed by atoms with van der Waals surface area (Å²) in [4.78, 5) is 43.5. The zero-order valence-corrected chi connectivity index (χ0v) is 24.1. The summed E-state index contributed by atoms with van der Waals surface area (Å²) < 4.78 is 5.31. The minimum Gasteiger partial charge on any atom is -0.446 e. The average molecular weight is 561 g/mol. The Morgan fingerprint density at radius 2 is 1.40 bits per heavy atom. The van der Waals surface area contributed by atoms with Gasteiger partial charge in [-0.05, 0) is 47.7 Å². The van der Waals surface area contributed by atoms with Crippen molar-refractivity contribution in [1.29, 1.82) is 0 Å². The number of ketones is 1. The summed E-state index contributed by atoms with van der Waals surface area (Å²) in [5, 5.41) is 0. The largest absolute Gasteiger partial charge is 0.446 e. The molecule has 1 saturated heterocycles. The first-order valence-corrected chi connectivity index (χ1v) is 14.4. The van der Waals surface area contributed by atoms with Crippen LogP contribution in [-0.4, -0.2) is 29.3 Å². The van der Waals surface area contributed by atoms with E-state index in [9.17, 15) is 14.4 Å². The second kappa shape index (κ2) is 13.3. The van der Waals surface area contributed by atoms with E-state index in [0.717, 1.165) is 21.7 Å². The van der Waals surface area contributed by atoms with E-state index in [1.54, 1.807) is 0 Å². The third-order valence-electron chi connectivity index (χ3n) is 7.94. The smallest absolute Gasteiger partial charge is 0.417 e. The van der Waals surface area contributed by atoms with Crippen LogP contribution in [0.15, 0.2) is 115 Å². The van der Waals surface area contributed by atoms with Crippen LogP contribution >= 0.6 is 0 Å². The monoisotopic (exact) mass is 560 g/mol. The predicted octanol–water partition coefficient (Wildman–Crippen LogP) is 7.31. The molecule has 4 aromatic rings. The van der Waals surface area contributed by atoms with Crippen LogP contribution in [0.4, 0.5) is 10.5 Å². The SMILES string of the molecule is CC[C@@H](c1cccc(N(Cc2ccccc2)Cc2ccccc2)c1)C(C(C)=O)C(=O)N1C(=O)OCC1c1ccccc1. The topological polar surface area (TPSA) is 66.9 Å². The van der Waals surface area contributed by atoms with Crippen molar-refractivity contribution in [3.05, 3.63) is 138 Å². The number of hydrogen-bond donors (Lipinski definition) is 0. The fourth-order valence-corrected chi connectivity index (χ4v) is 5.83. The number of benzene rings is 4. The van der Waals surface area contributed by atoms with E-state index in [4.69, 9.17) is 4.74 Å². The van der Waals surface area contributed by atoms with Gasteiger partial charge in [0, 0.05) is 24.7 Å². The van der Waals surface area contributed by atoms with Crippen molar-refractivity contribution in [3.63, 3.8) is 0 Å². The van der Waals surface area contributed by atoms with Gasteiger partial charge in [-0.1, -0.05) is 110 Å². The fourth-order valence-electron chi connectivity index (χ4n) is 5.83. The van der Waals surface area contributed by atoms with Gasteiger partial charge in [-0.3, -0.25) is 9.59 Å². The fraction of sp³-hybridized carbons (Fsp3) is 0.250. The minimum absolute atomic E-state index is 0.0689. The van der Waals surface area contributed by atoms with Crippen LogP contribution in [0, 0.1) is 5.92 Å². The number of rotatable bonds is 11. The molecule has 3 atom stereocenters. The molecular formula is C36H36N2O4. The molecule has 2 amide bonds. The van der Waals surface area contributed by atoms with E-state index in [-0.39, 0.29) is 12.4 Å². The molecule has 0 spiro atoms. The third-order valence-corrected chi connectivity index (χ3v) is 7.94. The number of ether oxygens (including phenoxy) is 1. The Kier molecular flexibility index (Phi) is 9.12. The highest BCUT2D eigenvalue weighted by Crippen LogP contribution is 2.37. The van der Waals surface area contributed by atoms with E-state index >= 15 is 0 Å². The lowest BCUT2D eigenvalue weighted by Crippen LogP contribution is -2.43. The molecule has 6 nitrogen and oxygen atoms in total. The van der Waals surface area contributed by atoms with Gasteiger partial charge in [-0.2, -0.15) is 0 Å². The summed E-state index contributed by atoms with van der Waals surface area (Å²) in [7, 11) is 0. The summed E-state index contributed by atoms with van der Waals surface area (Å²) in [6, 6.07) is 37.5. The molecular weight excluding hydrogens is 524 g/mol. The molecule has 1 heterocycles.